The molecule has 1 aliphatic rings. The number of amides is 1. The van der Waals surface area contributed by atoms with Crippen LogP contribution in [0.1, 0.15) is 48.6 Å². The summed E-state index contributed by atoms with van der Waals surface area (Å²) in [6, 6.07) is 4.23. The average Bonchev–Trinajstić information content (AvgIpc) is 2.87. The molecule has 3 rings (SSSR count). The SMILES string of the molecule is CCOC(=O)ON1c2ccc(OC)cc2[C@@H](N(Cc2cc(C(F)(F)F)cc(C(F)(F)F)c2)C(=O)OC)C[C@H]1C. The van der Waals surface area contributed by atoms with Gasteiger partial charge in [0.25, 0.3) is 0 Å². The number of benzene rings is 2. The van der Waals surface area contributed by atoms with Gasteiger partial charge in [-0.3, -0.25) is 4.90 Å². The van der Waals surface area contributed by atoms with Crippen molar-refractivity contribution < 1.29 is 55.0 Å². The van der Waals surface area contributed by atoms with E-state index in [0.29, 0.717) is 29.1 Å². The fraction of sp³-hybridized carbons (Fsp3) is 0.440. The Morgan fingerprint density at radius 3 is 2.13 bits per heavy atom. The zero-order chi connectivity index (χ0) is 29.1. The summed E-state index contributed by atoms with van der Waals surface area (Å²) in [6.45, 7) is 2.64. The van der Waals surface area contributed by atoms with Crippen LogP contribution in [0.4, 0.5) is 41.6 Å². The summed E-state index contributed by atoms with van der Waals surface area (Å²) >= 11 is 0. The van der Waals surface area contributed by atoms with Gasteiger partial charge < -0.3 is 19.0 Å². The van der Waals surface area contributed by atoms with Crippen LogP contribution < -0.4 is 9.80 Å². The van der Waals surface area contributed by atoms with Crippen molar-refractivity contribution in [2.75, 3.05) is 25.9 Å². The molecule has 1 amide bonds. The molecule has 2 atom stereocenters. The molecule has 0 bridgehead atoms. The lowest BCUT2D eigenvalue weighted by Gasteiger charge is -2.42. The minimum Gasteiger partial charge on any atom is -0.497 e. The Morgan fingerprint density at radius 1 is 1.00 bits per heavy atom. The Kier molecular flexibility index (Phi) is 8.76. The van der Waals surface area contributed by atoms with E-state index < -0.39 is 59.9 Å². The Hall–Kier alpha value is -3.84. The molecule has 0 spiro atoms. The number of hydrogen-bond donors (Lipinski definition) is 0. The largest absolute Gasteiger partial charge is 0.533 e. The average molecular weight is 564 g/mol. The molecule has 0 N–H and O–H groups in total. The molecule has 1 aliphatic heterocycles. The molecule has 214 valence electrons. The molecule has 0 unspecified atom stereocenters. The van der Waals surface area contributed by atoms with Crippen LogP contribution in [0, 0.1) is 0 Å². The van der Waals surface area contributed by atoms with Gasteiger partial charge in [0.1, 0.15) is 5.75 Å². The Morgan fingerprint density at radius 2 is 1.62 bits per heavy atom. The highest BCUT2D eigenvalue weighted by Gasteiger charge is 2.40. The van der Waals surface area contributed by atoms with Crippen LogP contribution in [0.25, 0.3) is 0 Å². The normalized spacial score (nSPS) is 17.2. The van der Waals surface area contributed by atoms with Crippen LogP contribution in [0.15, 0.2) is 36.4 Å². The number of hydroxylamine groups is 1. The maximum atomic E-state index is 13.4. The number of ether oxygens (including phenoxy) is 3. The number of alkyl halides is 6. The highest BCUT2D eigenvalue weighted by Crippen LogP contribution is 2.44. The maximum Gasteiger partial charge on any atom is 0.533 e. The Balaban J connectivity index is 2.11. The van der Waals surface area contributed by atoms with Gasteiger partial charge >= 0.3 is 24.6 Å². The van der Waals surface area contributed by atoms with E-state index in [1.165, 1.54) is 24.3 Å². The highest BCUT2D eigenvalue weighted by atomic mass is 19.4. The minimum atomic E-state index is -5.06. The van der Waals surface area contributed by atoms with Crippen molar-refractivity contribution in [3.63, 3.8) is 0 Å². The summed E-state index contributed by atoms with van der Waals surface area (Å²) < 4.78 is 95.6. The molecule has 14 heteroatoms. The smallest absolute Gasteiger partial charge is 0.497 e. The van der Waals surface area contributed by atoms with E-state index >= 15 is 0 Å². The fourth-order valence-electron chi connectivity index (χ4n) is 4.30. The molecule has 0 aromatic heterocycles. The predicted molar refractivity (Wildman–Crippen MR) is 125 cm³/mol. The summed E-state index contributed by atoms with van der Waals surface area (Å²) in [5.74, 6) is 0.340. The van der Waals surface area contributed by atoms with E-state index in [1.807, 2.05) is 0 Å². The fourth-order valence-corrected chi connectivity index (χ4v) is 4.30. The van der Waals surface area contributed by atoms with E-state index in [1.54, 1.807) is 19.9 Å². The lowest BCUT2D eigenvalue weighted by atomic mass is 9.91. The van der Waals surface area contributed by atoms with Crippen LogP contribution in [0.5, 0.6) is 5.75 Å². The lowest BCUT2D eigenvalue weighted by molar-refractivity contribution is -0.143. The highest BCUT2D eigenvalue weighted by molar-refractivity contribution is 5.71. The number of fused-ring (bicyclic) bond motifs is 1. The van der Waals surface area contributed by atoms with Crippen molar-refractivity contribution in [3.05, 3.63) is 58.7 Å². The number of carbonyl (C=O) groups excluding carboxylic acids is 2. The second-order valence-electron chi connectivity index (χ2n) is 8.64. The van der Waals surface area contributed by atoms with Crippen LogP contribution in [-0.4, -0.2) is 44.0 Å². The molecule has 2 aromatic rings. The lowest BCUT2D eigenvalue weighted by Crippen LogP contribution is -2.45. The maximum absolute atomic E-state index is 13.4. The van der Waals surface area contributed by atoms with E-state index in [0.717, 1.165) is 12.0 Å². The first-order valence-electron chi connectivity index (χ1n) is 11.6. The number of methoxy groups -OCH3 is 2. The van der Waals surface area contributed by atoms with E-state index in [-0.39, 0.29) is 19.1 Å². The van der Waals surface area contributed by atoms with Crippen molar-refractivity contribution >= 4 is 17.9 Å². The summed E-state index contributed by atoms with van der Waals surface area (Å²) in [4.78, 5) is 31.3. The molecule has 0 saturated heterocycles. The molecule has 39 heavy (non-hydrogen) atoms. The minimum absolute atomic E-state index is 0.0133. The van der Waals surface area contributed by atoms with E-state index in [2.05, 4.69) is 0 Å². The molecular weight excluding hydrogens is 538 g/mol. The zero-order valence-corrected chi connectivity index (χ0v) is 21.4. The van der Waals surface area contributed by atoms with Crippen molar-refractivity contribution in [2.24, 2.45) is 0 Å². The van der Waals surface area contributed by atoms with Gasteiger partial charge in [-0.1, -0.05) is 0 Å². The summed E-state index contributed by atoms with van der Waals surface area (Å²) in [6.07, 6.45) is -12.0. The molecule has 0 saturated carbocycles. The summed E-state index contributed by atoms with van der Waals surface area (Å²) in [5, 5.41) is 1.25. The number of nitrogens with zero attached hydrogens (tertiary/aromatic N) is 2. The van der Waals surface area contributed by atoms with Crippen LogP contribution in [-0.2, 0) is 33.2 Å². The monoisotopic (exact) mass is 564 g/mol. The van der Waals surface area contributed by atoms with E-state index in [4.69, 9.17) is 19.0 Å². The summed E-state index contributed by atoms with van der Waals surface area (Å²) in [5.41, 5.74) is -2.77. The Bertz CT molecular complexity index is 1170. The van der Waals surface area contributed by atoms with E-state index in [9.17, 15) is 35.9 Å². The first-order valence-corrected chi connectivity index (χ1v) is 11.6. The molecule has 0 aliphatic carbocycles. The first kappa shape index (κ1) is 29.7. The van der Waals surface area contributed by atoms with Gasteiger partial charge in [-0.05, 0) is 62.2 Å². The third-order valence-electron chi connectivity index (χ3n) is 6.02. The number of anilines is 1. The van der Waals surface area contributed by atoms with Crippen LogP contribution in [0.2, 0.25) is 0 Å². The molecule has 2 aromatic carbocycles. The van der Waals surface area contributed by atoms with Crippen molar-refractivity contribution in [2.45, 2.75) is 51.2 Å². The van der Waals surface area contributed by atoms with Crippen molar-refractivity contribution in [1.82, 2.24) is 4.90 Å². The second-order valence-corrected chi connectivity index (χ2v) is 8.64. The number of rotatable bonds is 6. The first-order chi connectivity index (χ1) is 18.2. The topological polar surface area (TPSA) is 77.5 Å². The van der Waals surface area contributed by atoms with Gasteiger partial charge in [-0.15, -0.1) is 0 Å². The van der Waals surface area contributed by atoms with Crippen LogP contribution >= 0.6 is 0 Å². The third kappa shape index (κ3) is 6.79. The van der Waals surface area contributed by atoms with Crippen LogP contribution in [0.3, 0.4) is 0 Å². The molecule has 1 heterocycles. The third-order valence-corrected chi connectivity index (χ3v) is 6.02. The van der Waals surface area contributed by atoms with Gasteiger partial charge in [0.05, 0.1) is 49.7 Å². The predicted octanol–water partition coefficient (Wildman–Crippen LogP) is 6.73. The van der Waals surface area contributed by atoms with Gasteiger partial charge in [0, 0.05) is 12.1 Å². The molecule has 0 radical (unpaired) electrons. The van der Waals surface area contributed by atoms with Gasteiger partial charge in [0.15, 0.2) is 0 Å². The molecule has 0 fully saturated rings. The Labute approximate surface area is 219 Å². The summed E-state index contributed by atoms with van der Waals surface area (Å²) in [7, 11) is 2.42. The number of hydrogen-bond acceptors (Lipinski definition) is 7. The number of halogens is 6. The molecule has 8 nitrogen and oxygen atoms in total. The van der Waals surface area contributed by atoms with Crippen molar-refractivity contribution in [1.29, 1.82) is 0 Å². The molecular formula is C25H26F6N2O6. The second kappa shape index (κ2) is 11.5. The standard InChI is InChI=1S/C25H26F6N2O6/c1-5-38-23(35)39-33-14(2)8-21(19-12-18(36-3)6-7-20(19)33)32(22(34)37-4)13-15-9-16(24(26,27)28)11-17(10-15)25(29,30)31/h6-7,9-12,14,21H,5,8,13H2,1-4H3/t14-,21+/m1/s1. The van der Waals surface area contributed by atoms with Gasteiger partial charge in [0.2, 0.25) is 0 Å². The van der Waals surface area contributed by atoms with Gasteiger partial charge in [-0.25, -0.2) is 14.7 Å². The quantitative estimate of drug-likeness (QED) is 0.285. The van der Waals surface area contributed by atoms with Crippen molar-refractivity contribution in [3.8, 4) is 5.75 Å². The zero-order valence-electron chi connectivity index (χ0n) is 21.4. The van der Waals surface area contributed by atoms with Gasteiger partial charge in [-0.2, -0.15) is 26.3 Å². The number of carbonyl (C=O) groups is 2.